The van der Waals surface area contributed by atoms with E-state index in [0.29, 0.717) is 25.9 Å². The van der Waals surface area contributed by atoms with Gasteiger partial charge in [0.2, 0.25) is 11.6 Å². The minimum atomic E-state index is -0.560. The number of piperidine rings is 1. The third kappa shape index (κ3) is 2.31. The topological polar surface area (TPSA) is 130 Å². The molecule has 0 amide bonds. The number of nitrogens with zero attached hydrogens (tertiary/aromatic N) is 4. The Morgan fingerprint density at radius 3 is 2.72 bits per heavy atom. The minimum absolute atomic E-state index is 0.0175. The molecule has 0 aliphatic carbocycles. The molecule has 2 rings (SSSR count). The molecule has 1 aromatic heterocycles. The van der Waals surface area contributed by atoms with Crippen LogP contribution in [-0.4, -0.2) is 39.2 Å². The van der Waals surface area contributed by atoms with E-state index in [-0.39, 0.29) is 23.4 Å². The van der Waals surface area contributed by atoms with Gasteiger partial charge in [0.05, 0.1) is 11.0 Å². The fourth-order valence-corrected chi connectivity index (χ4v) is 1.95. The number of nitrogens with one attached hydrogen (secondary N) is 1. The second-order valence-electron chi connectivity index (χ2n) is 4.01. The van der Waals surface area contributed by atoms with E-state index in [4.69, 9.17) is 5.84 Å². The molecule has 4 N–H and O–H groups in total. The average Bonchev–Trinajstić information content (AvgIpc) is 2.38. The molecule has 0 aromatic carbocycles. The smallest absolute Gasteiger partial charge is 0.354 e. The van der Waals surface area contributed by atoms with E-state index in [1.54, 1.807) is 4.90 Å². The van der Waals surface area contributed by atoms with Gasteiger partial charge in [0.15, 0.2) is 0 Å². The SMILES string of the molecule is NNc1ncnc(N2CCC(O)CC2)c1[N+](=O)[O-]. The first-order valence-corrected chi connectivity index (χ1v) is 5.52. The molecule has 98 valence electrons. The van der Waals surface area contributed by atoms with Gasteiger partial charge in [-0.15, -0.1) is 0 Å². The highest BCUT2D eigenvalue weighted by atomic mass is 16.6. The Morgan fingerprint density at radius 2 is 2.17 bits per heavy atom. The summed E-state index contributed by atoms with van der Waals surface area (Å²) in [6, 6.07) is 0. The van der Waals surface area contributed by atoms with Crippen molar-refractivity contribution in [1.82, 2.24) is 9.97 Å². The van der Waals surface area contributed by atoms with Gasteiger partial charge in [-0.25, -0.2) is 15.8 Å². The van der Waals surface area contributed by atoms with Gasteiger partial charge in [-0.3, -0.25) is 10.1 Å². The number of nitrogens with two attached hydrogens (primary N) is 1. The lowest BCUT2D eigenvalue weighted by molar-refractivity contribution is -0.383. The third-order valence-electron chi connectivity index (χ3n) is 2.89. The molecule has 2 heterocycles. The Hall–Kier alpha value is -2.00. The zero-order valence-electron chi connectivity index (χ0n) is 9.61. The molecule has 9 nitrogen and oxygen atoms in total. The number of aromatic nitrogens is 2. The molecule has 1 saturated heterocycles. The fraction of sp³-hybridized carbons (Fsp3) is 0.556. The molecular formula is C9H14N6O3. The molecule has 1 aliphatic heterocycles. The van der Waals surface area contributed by atoms with Crippen LogP contribution in [0, 0.1) is 10.1 Å². The van der Waals surface area contributed by atoms with Gasteiger partial charge in [0.25, 0.3) is 0 Å². The summed E-state index contributed by atoms with van der Waals surface area (Å²) in [5.41, 5.74) is 1.96. The van der Waals surface area contributed by atoms with Crippen LogP contribution in [0.5, 0.6) is 0 Å². The maximum absolute atomic E-state index is 11.1. The van der Waals surface area contributed by atoms with Crippen LogP contribution in [0.1, 0.15) is 12.8 Å². The van der Waals surface area contributed by atoms with Crippen LogP contribution in [0.2, 0.25) is 0 Å². The number of nitro groups is 1. The minimum Gasteiger partial charge on any atom is -0.393 e. The van der Waals surface area contributed by atoms with E-state index < -0.39 is 4.92 Å². The molecule has 0 bridgehead atoms. The van der Waals surface area contributed by atoms with Crippen LogP contribution >= 0.6 is 0 Å². The van der Waals surface area contributed by atoms with Crippen LogP contribution in [0.15, 0.2) is 6.33 Å². The highest BCUT2D eigenvalue weighted by Crippen LogP contribution is 2.32. The zero-order chi connectivity index (χ0) is 13.1. The summed E-state index contributed by atoms with van der Waals surface area (Å²) in [5.74, 6) is 5.42. The molecule has 1 aromatic rings. The van der Waals surface area contributed by atoms with Gasteiger partial charge >= 0.3 is 5.69 Å². The summed E-state index contributed by atoms with van der Waals surface area (Å²) in [6.07, 6.45) is 2.00. The number of anilines is 2. The number of aliphatic hydroxyl groups excluding tert-OH is 1. The van der Waals surface area contributed by atoms with Crippen LogP contribution in [0.4, 0.5) is 17.3 Å². The highest BCUT2D eigenvalue weighted by Gasteiger charge is 2.28. The number of aliphatic hydroxyl groups is 1. The van der Waals surface area contributed by atoms with Crippen molar-refractivity contribution in [3.8, 4) is 0 Å². The van der Waals surface area contributed by atoms with Crippen molar-refractivity contribution in [2.45, 2.75) is 18.9 Å². The van der Waals surface area contributed by atoms with Crippen molar-refractivity contribution in [3.05, 3.63) is 16.4 Å². The summed E-state index contributed by atoms with van der Waals surface area (Å²) < 4.78 is 0. The Bertz CT molecular complexity index is 446. The van der Waals surface area contributed by atoms with Crippen LogP contribution in [-0.2, 0) is 0 Å². The predicted molar refractivity (Wildman–Crippen MR) is 64.0 cm³/mol. The van der Waals surface area contributed by atoms with Crippen LogP contribution < -0.4 is 16.2 Å². The molecule has 0 unspecified atom stereocenters. The van der Waals surface area contributed by atoms with Crippen molar-refractivity contribution in [2.75, 3.05) is 23.4 Å². The lowest BCUT2D eigenvalue weighted by Crippen LogP contribution is -2.36. The number of nitrogen functional groups attached to an aromatic ring is 1. The van der Waals surface area contributed by atoms with Crippen molar-refractivity contribution >= 4 is 17.3 Å². The number of hydrogen-bond donors (Lipinski definition) is 3. The van der Waals surface area contributed by atoms with Crippen molar-refractivity contribution in [3.63, 3.8) is 0 Å². The molecule has 18 heavy (non-hydrogen) atoms. The summed E-state index contributed by atoms with van der Waals surface area (Å²) >= 11 is 0. The first-order chi connectivity index (χ1) is 8.63. The van der Waals surface area contributed by atoms with E-state index in [1.165, 1.54) is 6.33 Å². The Kier molecular flexibility index (Phi) is 3.53. The summed E-state index contributed by atoms with van der Waals surface area (Å²) in [5, 5.41) is 20.5. The fourth-order valence-electron chi connectivity index (χ4n) is 1.95. The van der Waals surface area contributed by atoms with E-state index in [0.717, 1.165) is 0 Å². The second-order valence-corrected chi connectivity index (χ2v) is 4.01. The molecule has 9 heteroatoms. The molecule has 1 aliphatic rings. The van der Waals surface area contributed by atoms with E-state index >= 15 is 0 Å². The van der Waals surface area contributed by atoms with Crippen LogP contribution in [0.25, 0.3) is 0 Å². The summed E-state index contributed by atoms with van der Waals surface area (Å²) in [7, 11) is 0. The van der Waals surface area contributed by atoms with E-state index in [1.807, 2.05) is 0 Å². The van der Waals surface area contributed by atoms with Crippen molar-refractivity contribution in [1.29, 1.82) is 0 Å². The van der Waals surface area contributed by atoms with Gasteiger partial charge in [0.1, 0.15) is 6.33 Å². The zero-order valence-corrected chi connectivity index (χ0v) is 9.61. The van der Waals surface area contributed by atoms with Gasteiger partial charge < -0.3 is 15.4 Å². The monoisotopic (exact) mass is 254 g/mol. The molecule has 0 atom stereocenters. The first kappa shape index (κ1) is 12.5. The van der Waals surface area contributed by atoms with Crippen molar-refractivity contribution in [2.24, 2.45) is 5.84 Å². The van der Waals surface area contributed by atoms with Crippen molar-refractivity contribution < 1.29 is 10.0 Å². The second kappa shape index (κ2) is 5.10. The lowest BCUT2D eigenvalue weighted by atomic mass is 10.1. The Labute approximate surface area is 103 Å². The highest BCUT2D eigenvalue weighted by molar-refractivity contribution is 5.69. The number of hydrazine groups is 1. The van der Waals surface area contributed by atoms with Crippen LogP contribution in [0.3, 0.4) is 0 Å². The van der Waals surface area contributed by atoms with E-state index in [2.05, 4.69) is 15.4 Å². The standard InChI is InChI=1S/C9H14N6O3/c10-13-8-7(15(17)18)9(12-5-11-8)14-3-1-6(16)2-4-14/h5-6,16H,1-4,10H2,(H,11,12,13). The van der Waals surface area contributed by atoms with Gasteiger partial charge in [-0.1, -0.05) is 0 Å². The van der Waals surface area contributed by atoms with E-state index in [9.17, 15) is 15.2 Å². The quantitative estimate of drug-likeness (QED) is 0.378. The first-order valence-electron chi connectivity index (χ1n) is 5.52. The Balaban J connectivity index is 2.35. The number of hydrogen-bond acceptors (Lipinski definition) is 8. The number of rotatable bonds is 3. The third-order valence-corrected chi connectivity index (χ3v) is 2.89. The normalized spacial score (nSPS) is 16.7. The molecule has 1 fully saturated rings. The molecule has 0 radical (unpaired) electrons. The average molecular weight is 254 g/mol. The molecular weight excluding hydrogens is 240 g/mol. The summed E-state index contributed by atoms with van der Waals surface area (Å²) in [6.45, 7) is 1.03. The predicted octanol–water partition coefficient (Wildman–Crippen LogP) is -0.369. The largest absolute Gasteiger partial charge is 0.393 e. The molecule has 0 saturated carbocycles. The Morgan fingerprint density at radius 1 is 1.50 bits per heavy atom. The maximum atomic E-state index is 11.1. The summed E-state index contributed by atoms with van der Waals surface area (Å²) in [4.78, 5) is 19.9. The van der Waals surface area contributed by atoms with Gasteiger partial charge in [-0.05, 0) is 12.8 Å². The molecule has 0 spiro atoms. The van der Waals surface area contributed by atoms with Gasteiger partial charge in [-0.2, -0.15) is 0 Å². The van der Waals surface area contributed by atoms with Gasteiger partial charge in [0, 0.05) is 13.1 Å². The maximum Gasteiger partial charge on any atom is 0.354 e. The lowest BCUT2D eigenvalue weighted by Gasteiger charge is -2.30.